The number of carbonyl (C=O) groups is 1. The third-order valence-electron chi connectivity index (χ3n) is 5.07. The number of fused-ring (bicyclic) bond motifs is 1. The van der Waals surface area contributed by atoms with Crippen molar-refractivity contribution < 1.29 is 4.79 Å². The van der Waals surface area contributed by atoms with Gasteiger partial charge in [-0.2, -0.15) is 0 Å². The van der Waals surface area contributed by atoms with Crippen LogP contribution in [0.3, 0.4) is 0 Å². The van der Waals surface area contributed by atoms with Crippen LogP contribution in [-0.4, -0.2) is 20.7 Å². The molecule has 1 saturated carbocycles. The van der Waals surface area contributed by atoms with E-state index in [-0.39, 0.29) is 5.41 Å². The van der Waals surface area contributed by atoms with Gasteiger partial charge in [0.15, 0.2) is 0 Å². The molecule has 0 amide bonds. The van der Waals surface area contributed by atoms with Crippen LogP contribution < -0.4 is 4.46 Å². The van der Waals surface area contributed by atoms with E-state index in [1.807, 2.05) is 0 Å². The van der Waals surface area contributed by atoms with Crippen LogP contribution in [0.1, 0.15) is 24.8 Å². The summed E-state index contributed by atoms with van der Waals surface area (Å²) in [5.41, 5.74) is 0.960. The first kappa shape index (κ1) is 15.6. The van der Waals surface area contributed by atoms with Gasteiger partial charge in [0, 0.05) is 0 Å². The van der Waals surface area contributed by atoms with E-state index in [4.69, 9.17) is 0 Å². The Bertz CT molecular complexity index is 871. The van der Waals surface area contributed by atoms with Gasteiger partial charge in [-0.25, -0.2) is 0 Å². The van der Waals surface area contributed by atoms with Crippen molar-refractivity contribution in [2.45, 2.75) is 30.0 Å². The van der Waals surface area contributed by atoms with Crippen molar-refractivity contribution in [3.05, 3.63) is 78.4 Å². The van der Waals surface area contributed by atoms with Crippen LogP contribution in [-0.2, 0) is 10.2 Å². The van der Waals surface area contributed by atoms with Gasteiger partial charge >= 0.3 is 149 Å². The Labute approximate surface area is 149 Å². The van der Waals surface area contributed by atoms with E-state index in [9.17, 15) is 4.79 Å². The normalized spacial score (nSPS) is 20.6. The van der Waals surface area contributed by atoms with Crippen molar-refractivity contribution in [3.8, 4) is 0 Å². The summed E-state index contributed by atoms with van der Waals surface area (Å²) >= 11 is 0.326. The van der Waals surface area contributed by atoms with Crippen molar-refractivity contribution in [2.75, 3.05) is 0 Å². The summed E-state index contributed by atoms with van der Waals surface area (Å²) in [6, 6.07) is 25.7. The summed E-state index contributed by atoms with van der Waals surface area (Å²) in [6.07, 6.45) is 2.76. The molecule has 0 saturated heterocycles. The molecule has 1 fully saturated rings. The van der Waals surface area contributed by atoms with Gasteiger partial charge in [-0.05, 0) is 0 Å². The van der Waals surface area contributed by atoms with Crippen LogP contribution in [0.25, 0.3) is 10.8 Å². The number of hydrogen-bond acceptors (Lipinski definition) is 1. The topological polar surface area (TPSA) is 17.1 Å². The summed E-state index contributed by atoms with van der Waals surface area (Å²) in [6.45, 7) is 0. The van der Waals surface area contributed by atoms with E-state index in [0.717, 1.165) is 24.6 Å². The van der Waals surface area contributed by atoms with Crippen LogP contribution in [0.2, 0.25) is 5.32 Å². The molecule has 4 rings (SSSR count). The van der Waals surface area contributed by atoms with Crippen LogP contribution in [0, 0.1) is 0 Å². The van der Waals surface area contributed by atoms with Gasteiger partial charge in [0.2, 0.25) is 0 Å². The summed E-state index contributed by atoms with van der Waals surface area (Å²) in [4.78, 5) is 12.9. The van der Waals surface area contributed by atoms with Gasteiger partial charge in [0.1, 0.15) is 0 Å². The van der Waals surface area contributed by atoms with Gasteiger partial charge in [-0.3, -0.25) is 0 Å². The zero-order valence-corrected chi connectivity index (χ0v) is 15.3. The van der Waals surface area contributed by atoms with Crippen molar-refractivity contribution >= 4 is 36.0 Å². The van der Waals surface area contributed by atoms with Crippen molar-refractivity contribution in [1.29, 1.82) is 0 Å². The van der Waals surface area contributed by atoms with Gasteiger partial charge in [-0.15, -0.1) is 0 Å². The molecule has 2 heteroatoms. The van der Waals surface area contributed by atoms with Gasteiger partial charge < -0.3 is 0 Å². The number of Topliss-reactive ketones (excluding diaryl/α,β-unsaturated/α-hetero) is 1. The van der Waals surface area contributed by atoms with E-state index in [2.05, 4.69) is 72.8 Å². The zero-order chi connectivity index (χ0) is 16.4. The summed E-state index contributed by atoms with van der Waals surface area (Å²) in [7, 11) is 0. The monoisotopic (exact) mass is 380 g/mol. The molecule has 0 heterocycles. The van der Waals surface area contributed by atoms with Crippen molar-refractivity contribution in [1.82, 2.24) is 0 Å². The minimum absolute atomic E-state index is 0.264. The Morgan fingerprint density at radius 1 is 0.875 bits per heavy atom. The Hall–Kier alpha value is -1.89. The molecule has 0 spiro atoms. The van der Waals surface area contributed by atoms with Gasteiger partial charge in [0.05, 0.1) is 0 Å². The number of ketones is 1. The van der Waals surface area contributed by atoms with Crippen LogP contribution in [0.15, 0.2) is 72.8 Å². The number of carbonyl (C=O) groups excluding carboxylic acids is 1. The summed E-state index contributed by atoms with van der Waals surface area (Å²) in [5.74, 6) is 0.440. The molecule has 1 nitrogen and oxygen atoms in total. The molecule has 0 radical (unpaired) electrons. The predicted octanol–water partition coefficient (Wildman–Crippen LogP) is 4.28. The van der Waals surface area contributed by atoms with Crippen LogP contribution in [0.5, 0.6) is 0 Å². The van der Waals surface area contributed by atoms with E-state index in [1.54, 1.807) is 0 Å². The Morgan fingerprint density at radius 2 is 1.62 bits per heavy atom. The predicted molar refractivity (Wildman–Crippen MR) is 101 cm³/mol. The van der Waals surface area contributed by atoms with Crippen molar-refractivity contribution in [3.63, 3.8) is 0 Å². The number of benzene rings is 3. The van der Waals surface area contributed by atoms with E-state index in [0.29, 0.717) is 20.7 Å². The molecular formula is C22H20OSe. The Balaban J connectivity index is 1.71. The molecule has 1 atom stereocenters. The molecule has 1 unspecified atom stereocenters. The Morgan fingerprint density at radius 3 is 2.38 bits per heavy atom. The van der Waals surface area contributed by atoms with Crippen molar-refractivity contribution in [2.24, 2.45) is 0 Å². The molecule has 0 aromatic heterocycles. The third-order valence-corrected chi connectivity index (χ3v) is 7.68. The summed E-state index contributed by atoms with van der Waals surface area (Å²) in [5, 5.41) is 3.46. The quantitative estimate of drug-likeness (QED) is 0.619. The third kappa shape index (κ3) is 2.81. The zero-order valence-electron chi connectivity index (χ0n) is 13.6. The molecule has 0 aliphatic heterocycles. The molecule has 1 aliphatic carbocycles. The fraction of sp³-hybridized carbons (Fsp3) is 0.227. The standard InChI is InChI=1S/C22H20OSe/c23-21-11-6-14-22(21,16-24-20-9-2-1-3-10-20)19-13-12-17-7-4-5-8-18(17)15-19/h1-5,7-10,12-13,15H,6,11,14,16H2. The van der Waals surface area contributed by atoms with Gasteiger partial charge in [-0.1, -0.05) is 0 Å². The van der Waals surface area contributed by atoms with Gasteiger partial charge in [0.25, 0.3) is 0 Å². The van der Waals surface area contributed by atoms with E-state index >= 15 is 0 Å². The number of hydrogen-bond donors (Lipinski definition) is 0. The second kappa shape index (κ2) is 6.55. The molecule has 24 heavy (non-hydrogen) atoms. The van der Waals surface area contributed by atoms with E-state index < -0.39 is 0 Å². The average Bonchev–Trinajstić information content (AvgIpc) is 3.02. The first-order valence-electron chi connectivity index (χ1n) is 8.48. The summed E-state index contributed by atoms with van der Waals surface area (Å²) < 4.78 is 1.38. The fourth-order valence-electron chi connectivity index (χ4n) is 3.68. The molecular weight excluding hydrogens is 359 g/mol. The number of rotatable bonds is 4. The first-order valence-corrected chi connectivity index (χ1v) is 10.6. The molecule has 1 aliphatic rings. The SMILES string of the molecule is O=C1CCCC1(C[Se]c1ccccc1)c1ccc2ccccc2c1. The van der Waals surface area contributed by atoms with Crippen LogP contribution in [0.4, 0.5) is 0 Å². The molecule has 3 aromatic rings. The Kier molecular flexibility index (Phi) is 4.26. The first-order chi connectivity index (χ1) is 11.8. The second-order valence-electron chi connectivity index (χ2n) is 6.52. The maximum absolute atomic E-state index is 12.9. The molecule has 3 aromatic carbocycles. The minimum atomic E-state index is -0.264. The second-order valence-corrected chi connectivity index (χ2v) is 8.72. The molecule has 0 N–H and O–H groups in total. The van der Waals surface area contributed by atoms with Crippen LogP contribution >= 0.6 is 0 Å². The fourth-order valence-corrected chi connectivity index (χ4v) is 6.27. The van der Waals surface area contributed by atoms with E-state index in [1.165, 1.54) is 20.8 Å². The average molecular weight is 379 g/mol. The molecule has 0 bridgehead atoms. The molecule has 120 valence electrons. The maximum atomic E-state index is 12.9.